The minimum absolute atomic E-state index is 0.930. The van der Waals surface area contributed by atoms with Crippen molar-refractivity contribution in [3.05, 3.63) is 41.7 Å². The third kappa shape index (κ3) is 3.96. The lowest BCUT2D eigenvalue weighted by Gasteiger charge is -1.92. The Kier molecular flexibility index (Phi) is 3.39. The number of rotatable bonds is 2. The molecule has 4 heteroatoms. The maximum Gasteiger partial charge on any atom is 0.274 e. The fourth-order valence-corrected chi connectivity index (χ4v) is 1.42. The van der Waals surface area contributed by atoms with Gasteiger partial charge in [0, 0.05) is 5.82 Å². The minimum atomic E-state index is -3.07. The van der Waals surface area contributed by atoms with E-state index in [1.54, 1.807) is 6.08 Å². The van der Waals surface area contributed by atoms with E-state index >= 15 is 0 Å². The summed E-state index contributed by atoms with van der Waals surface area (Å²) in [6.07, 6.45) is 1.64. The second-order valence-electron chi connectivity index (χ2n) is 2.23. The first-order valence-electron chi connectivity index (χ1n) is 3.31. The van der Waals surface area contributed by atoms with Crippen LogP contribution in [0.3, 0.4) is 0 Å². The van der Waals surface area contributed by atoms with E-state index in [1.165, 1.54) is 5.82 Å². The highest BCUT2D eigenvalue weighted by molar-refractivity contribution is 8.10. The number of hydrogen-bond donors (Lipinski definition) is 0. The van der Waals surface area contributed by atoms with Crippen LogP contribution in [-0.2, 0) is 4.57 Å². The molecule has 0 saturated carbocycles. The summed E-state index contributed by atoms with van der Waals surface area (Å²) in [4.78, 5) is 0. The first-order chi connectivity index (χ1) is 5.58. The summed E-state index contributed by atoms with van der Waals surface area (Å²) in [5.41, 5.74) is 0.930. The number of hydrogen-bond acceptors (Lipinski definition) is 1. The van der Waals surface area contributed by atoms with Gasteiger partial charge in [-0.15, -0.1) is 0 Å². The molecule has 64 valence electrons. The molecule has 0 unspecified atom stereocenters. The highest BCUT2D eigenvalue weighted by Crippen LogP contribution is 2.58. The van der Waals surface area contributed by atoms with Gasteiger partial charge in [-0.05, 0) is 34.1 Å². The lowest BCUT2D eigenvalue weighted by molar-refractivity contribution is 0.597. The van der Waals surface area contributed by atoms with Crippen molar-refractivity contribution in [1.29, 1.82) is 0 Å². The second-order valence-corrected chi connectivity index (χ2v) is 7.06. The van der Waals surface area contributed by atoms with Crippen LogP contribution in [0.2, 0.25) is 0 Å². The molecular formula is C8H7Cl2OP. The molecule has 0 spiro atoms. The van der Waals surface area contributed by atoms with Crippen LogP contribution in [0, 0.1) is 0 Å². The summed E-state index contributed by atoms with van der Waals surface area (Å²) in [6.45, 7) is 0. The van der Waals surface area contributed by atoms with Crippen LogP contribution in [0.15, 0.2) is 36.1 Å². The van der Waals surface area contributed by atoms with Gasteiger partial charge in [-0.2, -0.15) is 0 Å². The third-order valence-electron chi connectivity index (χ3n) is 1.24. The van der Waals surface area contributed by atoms with Crippen molar-refractivity contribution >= 4 is 34.4 Å². The zero-order valence-electron chi connectivity index (χ0n) is 6.15. The standard InChI is InChI=1S/C8H7Cl2OP/c9-12(10,11)7-6-8-4-2-1-3-5-8/h1-7H. The molecule has 0 heterocycles. The molecule has 1 aromatic carbocycles. The Labute approximate surface area is 81.0 Å². The molecule has 12 heavy (non-hydrogen) atoms. The molecule has 0 bridgehead atoms. The van der Waals surface area contributed by atoms with E-state index < -0.39 is 5.85 Å². The Bertz CT molecular complexity index is 315. The largest absolute Gasteiger partial charge is 0.285 e. The van der Waals surface area contributed by atoms with Crippen molar-refractivity contribution in [1.82, 2.24) is 0 Å². The van der Waals surface area contributed by atoms with E-state index in [-0.39, 0.29) is 0 Å². The van der Waals surface area contributed by atoms with Crippen molar-refractivity contribution in [3.63, 3.8) is 0 Å². The Morgan fingerprint density at radius 3 is 2.25 bits per heavy atom. The van der Waals surface area contributed by atoms with E-state index in [0.717, 1.165) is 5.56 Å². The summed E-state index contributed by atoms with van der Waals surface area (Å²) in [7, 11) is 0. The lowest BCUT2D eigenvalue weighted by Crippen LogP contribution is -1.66. The highest BCUT2D eigenvalue weighted by atomic mass is 35.9. The summed E-state index contributed by atoms with van der Waals surface area (Å²) < 4.78 is 10.8. The maximum atomic E-state index is 10.8. The minimum Gasteiger partial charge on any atom is -0.285 e. The molecule has 0 N–H and O–H groups in total. The highest BCUT2D eigenvalue weighted by Gasteiger charge is 2.05. The van der Waals surface area contributed by atoms with Crippen LogP contribution in [0.5, 0.6) is 0 Å². The molecule has 0 aliphatic rings. The lowest BCUT2D eigenvalue weighted by atomic mass is 10.2. The Morgan fingerprint density at radius 1 is 1.17 bits per heavy atom. The Hall–Kier alpha value is -0.230. The van der Waals surface area contributed by atoms with Crippen molar-refractivity contribution in [3.8, 4) is 0 Å². The van der Waals surface area contributed by atoms with Crippen LogP contribution in [0.25, 0.3) is 6.08 Å². The summed E-state index contributed by atoms with van der Waals surface area (Å²) >= 11 is 10.6. The van der Waals surface area contributed by atoms with Gasteiger partial charge in [0.25, 0.3) is 5.85 Å². The predicted octanol–water partition coefficient (Wildman–Crippen LogP) is 4.33. The van der Waals surface area contributed by atoms with E-state index in [4.69, 9.17) is 22.5 Å². The Balaban J connectivity index is 2.78. The predicted molar refractivity (Wildman–Crippen MR) is 54.8 cm³/mol. The van der Waals surface area contributed by atoms with Crippen LogP contribution in [-0.4, -0.2) is 0 Å². The van der Waals surface area contributed by atoms with Gasteiger partial charge in [0.1, 0.15) is 0 Å². The van der Waals surface area contributed by atoms with Gasteiger partial charge in [0.2, 0.25) is 0 Å². The van der Waals surface area contributed by atoms with Crippen molar-refractivity contribution in [2.24, 2.45) is 0 Å². The van der Waals surface area contributed by atoms with E-state index in [1.807, 2.05) is 30.3 Å². The molecule has 1 nitrogen and oxygen atoms in total. The fourth-order valence-electron chi connectivity index (χ4n) is 0.737. The zero-order valence-corrected chi connectivity index (χ0v) is 8.56. The molecule has 1 aromatic rings. The monoisotopic (exact) mass is 220 g/mol. The molecule has 1 rings (SSSR count). The second kappa shape index (κ2) is 4.13. The maximum absolute atomic E-state index is 10.8. The third-order valence-corrected chi connectivity index (χ3v) is 2.41. The van der Waals surface area contributed by atoms with Crippen LogP contribution >= 0.6 is 28.3 Å². The van der Waals surface area contributed by atoms with Gasteiger partial charge < -0.3 is 0 Å². The quantitative estimate of drug-likeness (QED) is 0.679. The molecule has 0 aliphatic carbocycles. The summed E-state index contributed by atoms with van der Waals surface area (Å²) in [5.74, 6) is -1.76. The molecule has 0 aliphatic heterocycles. The van der Waals surface area contributed by atoms with Gasteiger partial charge >= 0.3 is 0 Å². The average Bonchev–Trinajstić information content (AvgIpc) is 2.02. The van der Waals surface area contributed by atoms with Gasteiger partial charge in [-0.25, -0.2) is 0 Å². The zero-order chi connectivity index (χ0) is 9.03. The topological polar surface area (TPSA) is 17.1 Å². The number of benzene rings is 1. The summed E-state index contributed by atoms with van der Waals surface area (Å²) in [6, 6.07) is 9.42. The number of halogens is 2. The van der Waals surface area contributed by atoms with E-state index in [2.05, 4.69) is 0 Å². The SMILES string of the molecule is O=P(Cl)(Cl)C=Cc1ccccc1. The summed E-state index contributed by atoms with van der Waals surface area (Å²) in [5, 5.41) is 0. The molecule has 0 atom stereocenters. The van der Waals surface area contributed by atoms with Gasteiger partial charge in [0.15, 0.2) is 0 Å². The molecule has 0 radical (unpaired) electrons. The normalized spacial score (nSPS) is 12.2. The fraction of sp³-hybridized carbons (Fsp3) is 0. The molecule has 0 amide bonds. The molecular weight excluding hydrogens is 214 g/mol. The molecule has 0 fully saturated rings. The van der Waals surface area contributed by atoms with E-state index in [9.17, 15) is 4.57 Å². The van der Waals surface area contributed by atoms with Crippen molar-refractivity contribution < 1.29 is 4.57 Å². The van der Waals surface area contributed by atoms with Crippen LogP contribution in [0.1, 0.15) is 5.56 Å². The van der Waals surface area contributed by atoms with Crippen LogP contribution in [0.4, 0.5) is 0 Å². The first kappa shape index (κ1) is 9.85. The smallest absolute Gasteiger partial charge is 0.274 e. The van der Waals surface area contributed by atoms with Gasteiger partial charge in [-0.3, -0.25) is 4.57 Å². The molecule has 0 aromatic heterocycles. The van der Waals surface area contributed by atoms with Crippen molar-refractivity contribution in [2.45, 2.75) is 0 Å². The Morgan fingerprint density at radius 2 is 1.75 bits per heavy atom. The van der Waals surface area contributed by atoms with Gasteiger partial charge in [-0.1, -0.05) is 30.3 Å². The molecule has 0 saturated heterocycles. The van der Waals surface area contributed by atoms with Crippen LogP contribution < -0.4 is 0 Å². The van der Waals surface area contributed by atoms with Gasteiger partial charge in [0.05, 0.1) is 0 Å². The van der Waals surface area contributed by atoms with Crippen molar-refractivity contribution in [2.75, 3.05) is 0 Å². The average molecular weight is 221 g/mol. The van der Waals surface area contributed by atoms with E-state index in [0.29, 0.717) is 0 Å². The first-order valence-corrected chi connectivity index (χ1v) is 6.90.